The molecular formula is C15H13Cl2N3O2. The molecule has 22 heavy (non-hydrogen) atoms. The zero-order valence-corrected chi connectivity index (χ0v) is 13.3. The van der Waals surface area contributed by atoms with Gasteiger partial charge in [0.25, 0.3) is 0 Å². The van der Waals surface area contributed by atoms with Crippen molar-refractivity contribution in [2.24, 2.45) is 0 Å². The van der Waals surface area contributed by atoms with Gasteiger partial charge in [0.2, 0.25) is 5.91 Å². The number of hydrogen-bond donors (Lipinski definition) is 1. The Morgan fingerprint density at radius 1 is 1.55 bits per heavy atom. The Labute approximate surface area is 137 Å². The molecule has 2 aromatic rings. The van der Waals surface area contributed by atoms with Gasteiger partial charge in [-0.25, -0.2) is 0 Å². The highest BCUT2D eigenvalue weighted by atomic mass is 35.5. The zero-order valence-electron chi connectivity index (χ0n) is 11.8. The number of fused-ring (bicyclic) bond motifs is 3. The van der Waals surface area contributed by atoms with E-state index in [1.165, 1.54) is 6.92 Å². The van der Waals surface area contributed by atoms with Gasteiger partial charge in [-0.15, -0.1) is 0 Å². The molecule has 0 spiro atoms. The predicted octanol–water partition coefficient (Wildman–Crippen LogP) is 3.43. The summed E-state index contributed by atoms with van der Waals surface area (Å²) in [6, 6.07) is 5.44. The predicted molar refractivity (Wildman–Crippen MR) is 84.2 cm³/mol. The summed E-state index contributed by atoms with van der Waals surface area (Å²) in [4.78, 5) is 11.3. The Bertz CT molecular complexity index is 807. The Kier molecular flexibility index (Phi) is 3.90. The van der Waals surface area contributed by atoms with E-state index < -0.39 is 0 Å². The Morgan fingerprint density at radius 2 is 2.32 bits per heavy atom. The van der Waals surface area contributed by atoms with Crippen molar-refractivity contribution in [1.29, 1.82) is 5.26 Å². The summed E-state index contributed by atoms with van der Waals surface area (Å²) >= 11 is 12.5. The lowest BCUT2D eigenvalue weighted by molar-refractivity contribution is -0.119. The molecule has 0 saturated heterocycles. The molecule has 1 amide bonds. The molecule has 1 atom stereocenters. The summed E-state index contributed by atoms with van der Waals surface area (Å²) in [7, 11) is 0. The van der Waals surface area contributed by atoms with Crippen LogP contribution in [0, 0.1) is 11.3 Å². The van der Waals surface area contributed by atoms with E-state index in [1.807, 2.05) is 16.7 Å². The molecule has 0 aliphatic carbocycles. The third-order valence-electron chi connectivity index (χ3n) is 3.74. The van der Waals surface area contributed by atoms with Gasteiger partial charge in [0.15, 0.2) is 6.61 Å². The first-order valence-corrected chi connectivity index (χ1v) is 7.56. The lowest BCUT2D eigenvalue weighted by Crippen LogP contribution is -2.24. The van der Waals surface area contributed by atoms with Crippen molar-refractivity contribution in [2.75, 3.05) is 6.61 Å². The highest BCUT2D eigenvalue weighted by molar-refractivity contribution is 6.45. The average Bonchev–Trinajstić information content (AvgIpc) is 3.01. The molecule has 0 bridgehead atoms. The van der Waals surface area contributed by atoms with E-state index in [0.29, 0.717) is 15.8 Å². The number of nitrogens with zero attached hydrogens (tertiary/aromatic N) is 2. The largest absolute Gasteiger partial charge is 0.478 e. The number of carbonyl (C=O) groups excluding carboxylic acids is 1. The first-order chi connectivity index (χ1) is 10.5. The summed E-state index contributed by atoms with van der Waals surface area (Å²) in [6.45, 7) is 2.17. The summed E-state index contributed by atoms with van der Waals surface area (Å²) in [6.07, 6.45) is 0.808. The fraction of sp³-hybridized carbons (Fsp3) is 0.333. The molecule has 1 aliphatic rings. The van der Waals surface area contributed by atoms with E-state index in [0.717, 1.165) is 29.6 Å². The van der Waals surface area contributed by atoms with Gasteiger partial charge in [-0.05, 0) is 12.5 Å². The normalized spacial score (nSPS) is 16.4. The molecule has 1 aliphatic heterocycles. The number of aromatic nitrogens is 1. The molecule has 2 heterocycles. The monoisotopic (exact) mass is 337 g/mol. The van der Waals surface area contributed by atoms with Crippen LogP contribution in [0.1, 0.15) is 25.1 Å². The van der Waals surface area contributed by atoms with Gasteiger partial charge in [-0.2, -0.15) is 5.26 Å². The average molecular weight is 338 g/mol. The second-order valence-corrected chi connectivity index (χ2v) is 5.93. The maximum Gasteiger partial charge on any atom is 0.217 e. The minimum atomic E-state index is -0.0752. The van der Waals surface area contributed by atoms with Crippen LogP contribution in [0.3, 0.4) is 0 Å². The Morgan fingerprint density at radius 3 is 3.00 bits per heavy atom. The van der Waals surface area contributed by atoms with E-state index in [2.05, 4.69) is 5.32 Å². The molecule has 0 unspecified atom stereocenters. The Hall–Kier alpha value is -1.90. The van der Waals surface area contributed by atoms with Crippen molar-refractivity contribution in [3.8, 4) is 11.8 Å². The minimum Gasteiger partial charge on any atom is -0.478 e. The number of hydrogen-bond acceptors (Lipinski definition) is 3. The summed E-state index contributed by atoms with van der Waals surface area (Å²) in [5, 5.41) is 13.3. The molecule has 3 rings (SSSR count). The number of halogens is 2. The number of amides is 1. The lowest BCUT2D eigenvalue weighted by atomic mass is 10.1. The molecule has 5 nitrogen and oxygen atoms in total. The first kappa shape index (κ1) is 15.0. The quantitative estimate of drug-likeness (QED) is 0.932. The summed E-state index contributed by atoms with van der Waals surface area (Å²) in [5.41, 5.74) is 1.75. The second-order valence-electron chi connectivity index (χ2n) is 5.14. The minimum absolute atomic E-state index is 0.0523. The van der Waals surface area contributed by atoms with E-state index in [4.69, 9.17) is 33.2 Å². The van der Waals surface area contributed by atoms with Crippen molar-refractivity contribution in [1.82, 2.24) is 9.88 Å². The van der Waals surface area contributed by atoms with Crippen LogP contribution >= 0.6 is 23.2 Å². The highest BCUT2D eigenvalue weighted by Gasteiger charge is 2.28. The van der Waals surface area contributed by atoms with Crippen LogP contribution in [0.25, 0.3) is 10.9 Å². The number of benzene rings is 1. The van der Waals surface area contributed by atoms with Crippen molar-refractivity contribution in [2.45, 2.75) is 25.9 Å². The molecule has 1 N–H and O–H groups in total. The molecule has 1 aromatic carbocycles. The molecular weight excluding hydrogens is 325 g/mol. The van der Waals surface area contributed by atoms with Gasteiger partial charge in [-0.3, -0.25) is 4.79 Å². The molecule has 7 heteroatoms. The van der Waals surface area contributed by atoms with E-state index in [1.54, 1.807) is 6.07 Å². The van der Waals surface area contributed by atoms with Crippen molar-refractivity contribution < 1.29 is 9.53 Å². The maximum absolute atomic E-state index is 11.3. The molecule has 1 aromatic heterocycles. The maximum atomic E-state index is 11.3. The lowest BCUT2D eigenvalue weighted by Gasteiger charge is -2.09. The van der Waals surface area contributed by atoms with E-state index >= 15 is 0 Å². The number of aryl methyl sites for hydroxylation is 1. The van der Waals surface area contributed by atoms with Crippen LogP contribution in [-0.4, -0.2) is 17.1 Å². The van der Waals surface area contributed by atoms with Crippen LogP contribution in [0.4, 0.5) is 0 Å². The van der Waals surface area contributed by atoms with Crippen molar-refractivity contribution >= 4 is 40.0 Å². The number of nitrogens with one attached hydrogen (secondary N) is 1. The van der Waals surface area contributed by atoms with Crippen LogP contribution in [0.5, 0.6) is 5.75 Å². The van der Waals surface area contributed by atoms with Gasteiger partial charge in [0.05, 0.1) is 21.6 Å². The fourth-order valence-electron chi connectivity index (χ4n) is 2.92. The van der Waals surface area contributed by atoms with Gasteiger partial charge in [-0.1, -0.05) is 23.2 Å². The van der Waals surface area contributed by atoms with Crippen molar-refractivity contribution in [3.63, 3.8) is 0 Å². The third-order valence-corrected chi connectivity index (χ3v) is 4.52. The van der Waals surface area contributed by atoms with Gasteiger partial charge in [0, 0.05) is 30.6 Å². The molecule has 0 radical (unpaired) electrons. The van der Waals surface area contributed by atoms with Crippen LogP contribution < -0.4 is 10.1 Å². The Balaban J connectivity index is 2.16. The third kappa shape index (κ3) is 2.39. The van der Waals surface area contributed by atoms with Crippen LogP contribution in [-0.2, 0) is 11.3 Å². The van der Waals surface area contributed by atoms with E-state index in [9.17, 15) is 4.79 Å². The number of ether oxygens (including phenoxy) is 1. The number of nitriles is 1. The first-order valence-electron chi connectivity index (χ1n) is 6.81. The standard InChI is InChI=1S/C15H13Cl2N3O2/c1-8(21)19-11-2-4-20-12(11)6-9-13(22-5-3-18)7-10(16)14(17)15(9)20/h6-7,11H,2,4-5H2,1H3,(H,19,21)/t11-/m0/s1. The number of carbonyl (C=O) groups is 1. The molecule has 0 fully saturated rings. The second kappa shape index (κ2) is 5.71. The van der Waals surface area contributed by atoms with Gasteiger partial charge >= 0.3 is 0 Å². The fourth-order valence-corrected chi connectivity index (χ4v) is 3.37. The number of rotatable bonds is 3. The van der Waals surface area contributed by atoms with Gasteiger partial charge < -0.3 is 14.6 Å². The SMILES string of the molecule is CC(=O)N[C@H]1CCn2c1cc1c(OCC#N)cc(Cl)c(Cl)c12. The molecule has 0 saturated carbocycles. The molecule has 114 valence electrons. The van der Waals surface area contributed by atoms with Crippen LogP contribution in [0.15, 0.2) is 12.1 Å². The van der Waals surface area contributed by atoms with Crippen molar-refractivity contribution in [3.05, 3.63) is 27.9 Å². The summed E-state index contributed by atoms with van der Waals surface area (Å²) in [5.74, 6) is 0.447. The van der Waals surface area contributed by atoms with Crippen LogP contribution in [0.2, 0.25) is 10.0 Å². The van der Waals surface area contributed by atoms with E-state index in [-0.39, 0.29) is 18.6 Å². The highest BCUT2D eigenvalue weighted by Crippen LogP contribution is 2.43. The smallest absolute Gasteiger partial charge is 0.217 e. The summed E-state index contributed by atoms with van der Waals surface area (Å²) < 4.78 is 7.50. The van der Waals surface area contributed by atoms with Gasteiger partial charge in [0.1, 0.15) is 11.8 Å². The zero-order chi connectivity index (χ0) is 15.9. The topological polar surface area (TPSA) is 67.1 Å².